The van der Waals surface area contributed by atoms with Gasteiger partial charge in [-0.1, -0.05) is 19.9 Å². The van der Waals surface area contributed by atoms with Crippen molar-refractivity contribution in [1.29, 1.82) is 0 Å². The van der Waals surface area contributed by atoms with Gasteiger partial charge in [0.05, 0.1) is 20.6 Å². The first-order valence-electron chi connectivity index (χ1n) is 6.75. The van der Waals surface area contributed by atoms with Crippen molar-refractivity contribution in [2.45, 2.75) is 26.3 Å². The van der Waals surface area contributed by atoms with Gasteiger partial charge >= 0.3 is 5.97 Å². The van der Waals surface area contributed by atoms with Crippen LogP contribution in [0.15, 0.2) is 18.2 Å². The highest BCUT2D eigenvalue weighted by Crippen LogP contribution is 2.34. The summed E-state index contributed by atoms with van der Waals surface area (Å²) in [6, 6.07) is 5.29. The molecule has 112 valence electrons. The predicted octanol–water partition coefficient (Wildman–Crippen LogP) is 2.56. The highest BCUT2D eigenvalue weighted by Gasteiger charge is 2.24. The zero-order valence-electron chi connectivity index (χ0n) is 12.5. The van der Waals surface area contributed by atoms with Crippen molar-refractivity contribution in [2.75, 3.05) is 27.3 Å². The van der Waals surface area contributed by atoms with Crippen LogP contribution >= 0.6 is 0 Å². The minimum atomic E-state index is -0.820. The molecule has 0 fully saturated rings. The van der Waals surface area contributed by atoms with Gasteiger partial charge in [0.15, 0.2) is 0 Å². The number of carboxylic acids is 1. The van der Waals surface area contributed by atoms with Gasteiger partial charge in [-0.05, 0) is 19.2 Å². The minimum Gasteiger partial charge on any atom is -0.497 e. The van der Waals surface area contributed by atoms with Crippen molar-refractivity contribution in [3.8, 4) is 11.5 Å². The first-order chi connectivity index (χ1) is 9.57. The Kier molecular flexibility index (Phi) is 6.31. The van der Waals surface area contributed by atoms with E-state index in [0.29, 0.717) is 11.5 Å². The van der Waals surface area contributed by atoms with Crippen molar-refractivity contribution in [3.63, 3.8) is 0 Å². The highest BCUT2D eigenvalue weighted by atomic mass is 16.5. The Hall–Kier alpha value is -1.75. The molecule has 0 saturated heterocycles. The van der Waals surface area contributed by atoms with Crippen molar-refractivity contribution >= 4 is 5.97 Å². The van der Waals surface area contributed by atoms with Crippen molar-refractivity contribution in [3.05, 3.63) is 23.8 Å². The third-order valence-electron chi connectivity index (χ3n) is 3.42. The summed E-state index contributed by atoms with van der Waals surface area (Å²) in [4.78, 5) is 13.3. The lowest BCUT2D eigenvalue weighted by molar-refractivity contribution is -0.138. The van der Waals surface area contributed by atoms with Crippen LogP contribution in [0.3, 0.4) is 0 Å². The lowest BCUT2D eigenvalue weighted by atomic mass is 10.0. The molecule has 1 aromatic rings. The molecule has 0 aliphatic carbocycles. The van der Waals surface area contributed by atoms with Crippen LogP contribution in [0.4, 0.5) is 0 Å². The molecule has 1 unspecified atom stereocenters. The summed E-state index contributed by atoms with van der Waals surface area (Å²) in [5.41, 5.74) is 0.874. The molecule has 0 aliphatic heterocycles. The number of rotatable bonds is 8. The lowest BCUT2D eigenvalue weighted by Crippen LogP contribution is -2.30. The second-order valence-corrected chi connectivity index (χ2v) is 4.44. The van der Waals surface area contributed by atoms with Crippen LogP contribution in [-0.4, -0.2) is 43.3 Å². The zero-order chi connectivity index (χ0) is 15.1. The summed E-state index contributed by atoms with van der Waals surface area (Å²) >= 11 is 0. The fourth-order valence-corrected chi connectivity index (χ4v) is 2.36. The number of aliphatic carboxylic acids is 1. The summed E-state index contributed by atoms with van der Waals surface area (Å²) in [6.45, 7) is 5.61. The molecule has 0 spiro atoms. The molecule has 0 saturated carbocycles. The smallest absolute Gasteiger partial charge is 0.305 e. The van der Waals surface area contributed by atoms with E-state index < -0.39 is 5.97 Å². The van der Waals surface area contributed by atoms with Crippen LogP contribution in [0.1, 0.15) is 31.9 Å². The Bertz CT molecular complexity index is 443. The second kappa shape index (κ2) is 7.75. The maximum Gasteiger partial charge on any atom is 0.305 e. The number of nitrogens with zero attached hydrogens (tertiary/aromatic N) is 1. The van der Waals surface area contributed by atoms with Gasteiger partial charge in [0, 0.05) is 17.7 Å². The molecule has 1 atom stereocenters. The Labute approximate surface area is 120 Å². The number of ether oxygens (including phenoxy) is 2. The SMILES string of the molecule is CCN(CC)C(CC(=O)O)c1ccc(OC)cc1OC. The molecular formula is C15H23NO4. The summed E-state index contributed by atoms with van der Waals surface area (Å²) in [5.74, 6) is 0.529. The summed E-state index contributed by atoms with van der Waals surface area (Å²) < 4.78 is 10.6. The first-order valence-corrected chi connectivity index (χ1v) is 6.75. The van der Waals surface area contributed by atoms with Crippen molar-refractivity contribution < 1.29 is 19.4 Å². The molecule has 20 heavy (non-hydrogen) atoms. The van der Waals surface area contributed by atoms with E-state index in [9.17, 15) is 4.79 Å². The third-order valence-corrected chi connectivity index (χ3v) is 3.42. The molecule has 5 nitrogen and oxygen atoms in total. The topological polar surface area (TPSA) is 59.0 Å². The van der Waals surface area contributed by atoms with Gasteiger partial charge in [0.2, 0.25) is 0 Å². The summed E-state index contributed by atoms with van der Waals surface area (Å²) in [6.07, 6.45) is 0.0460. The molecule has 1 N–H and O–H groups in total. The molecule has 0 heterocycles. The zero-order valence-corrected chi connectivity index (χ0v) is 12.5. The van der Waals surface area contributed by atoms with Gasteiger partial charge in [-0.2, -0.15) is 0 Å². The van der Waals surface area contributed by atoms with E-state index in [1.165, 1.54) is 0 Å². The summed E-state index contributed by atoms with van der Waals surface area (Å²) in [5, 5.41) is 9.16. The Balaban J connectivity index is 3.21. The van der Waals surface area contributed by atoms with E-state index >= 15 is 0 Å². The highest BCUT2D eigenvalue weighted by molar-refractivity contribution is 5.68. The van der Waals surface area contributed by atoms with Crippen LogP contribution in [0.5, 0.6) is 11.5 Å². The molecule has 0 bridgehead atoms. The maximum atomic E-state index is 11.1. The monoisotopic (exact) mass is 281 g/mol. The number of hydrogen-bond donors (Lipinski definition) is 1. The number of carboxylic acid groups (broad SMARTS) is 1. The first kappa shape index (κ1) is 16.3. The minimum absolute atomic E-state index is 0.0460. The van der Waals surface area contributed by atoms with Gasteiger partial charge in [0.1, 0.15) is 11.5 Å². The molecule has 0 radical (unpaired) electrons. The van der Waals surface area contributed by atoms with Crippen LogP contribution in [0, 0.1) is 0 Å². The largest absolute Gasteiger partial charge is 0.497 e. The van der Waals surface area contributed by atoms with E-state index in [2.05, 4.69) is 4.90 Å². The van der Waals surface area contributed by atoms with Gasteiger partial charge in [-0.15, -0.1) is 0 Å². The van der Waals surface area contributed by atoms with E-state index in [1.807, 2.05) is 26.0 Å². The maximum absolute atomic E-state index is 11.1. The number of hydrogen-bond acceptors (Lipinski definition) is 4. The van der Waals surface area contributed by atoms with E-state index in [1.54, 1.807) is 20.3 Å². The van der Waals surface area contributed by atoms with Gasteiger partial charge < -0.3 is 14.6 Å². The Morgan fingerprint density at radius 1 is 1.25 bits per heavy atom. The quantitative estimate of drug-likeness (QED) is 0.793. The van der Waals surface area contributed by atoms with Crippen LogP contribution < -0.4 is 9.47 Å². The fourth-order valence-electron chi connectivity index (χ4n) is 2.36. The molecular weight excluding hydrogens is 258 g/mol. The normalized spacial score (nSPS) is 12.2. The number of methoxy groups -OCH3 is 2. The second-order valence-electron chi connectivity index (χ2n) is 4.44. The van der Waals surface area contributed by atoms with Crippen LogP contribution in [-0.2, 0) is 4.79 Å². The van der Waals surface area contributed by atoms with E-state index in [-0.39, 0.29) is 12.5 Å². The molecule has 0 amide bonds. The Morgan fingerprint density at radius 2 is 1.90 bits per heavy atom. The number of carbonyl (C=O) groups is 1. The molecule has 5 heteroatoms. The molecule has 1 rings (SSSR count). The Morgan fingerprint density at radius 3 is 2.35 bits per heavy atom. The average Bonchev–Trinajstić information content (AvgIpc) is 2.46. The van der Waals surface area contributed by atoms with E-state index in [4.69, 9.17) is 14.6 Å². The lowest BCUT2D eigenvalue weighted by Gasteiger charge is -2.30. The van der Waals surface area contributed by atoms with E-state index in [0.717, 1.165) is 18.7 Å². The van der Waals surface area contributed by atoms with Crippen LogP contribution in [0.2, 0.25) is 0 Å². The third kappa shape index (κ3) is 3.87. The molecule has 1 aromatic carbocycles. The predicted molar refractivity (Wildman–Crippen MR) is 77.5 cm³/mol. The fraction of sp³-hybridized carbons (Fsp3) is 0.533. The summed E-state index contributed by atoms with van der Waals surface area (Å²) in [7, 11) is 3.17. The van der Waals surface area contributed by atoms with Gasteiger partial charge in [-0.25, -0.2) is 0 Å². The van der Waals surface area contributed by atoms with Gasteiger partial charge in [-0.3, -0.25) is 9.69 Å². The van der Waals surface area contributed by atoms with Crippen LogP contribution in [0.25, 0.3) is 0 Å². The number of benzene rings is 1. The molecule has 0 aliphatic rings. The molecule has 0 aromatic heterocycles. The van der Waals surface area contributed by atoms with Gasteiger partial charge in [0.25, 0.3) is 0 Å². The van der Waals surface area contributed by atoms with Crippen molar-refractivity contribution in [1.82, 2.24) is 4.90 Å². The van der Waals surface area contributed by atoms with Crippen molar-refractivity contribution in [2.24, 2.45) is 0 Å². The standard InChI is InChI=1S/C15H23NO4/c1-5-16(6-2)13(10-15(17)18)12-8-7-11(19-3)9-14(12)20-4/h7-9,13H,5-6,10H2,1-4H3,(H,17,18). The average molecular weight is 281 g/mol.